The molecular weight excluding hydrogens is 402 g/mol. The Kier molecular flexibility index (Phi) is 7.17. The number of anilines is 1. The van der Waals surface area contributed by atoms with Gasteiger partial charge in [-0.3, -0.25) is 9.52 Å². The van der Waals surface area contributed by atoms with Crippen molar-refractivity contribution in [2.24, 2.45) is 0 Å². The van der Waals surface area contributed by atoms with Crippen molar-refractivity contribution >= 4 is 31.6 Å². The SMILES string of the molecule is CCc1ccc(S(=O)(=O)NCCNC(=O)c2ccc(NS(C)(=O)=O)cc2)cc1. The summed E-state index contributed by atoms with van der Waals surface area (Å²) in [5.74, 6) is -0.391. The van der Waals surface area contributed by atoms with Crippen molar-refractivity contribution < 1.29 is 21.6 Å². The molecule has 3 N–H and O–H groups in total. The van der Waals surface area contributed by atoms with Gasteiger partial charge in [0.2, 0.25) is 20.0 Å². The molecule has 0 heterocycles. The maximum atomic E-state index is 12.2. The van der Waals surface area contributed by atoms with Gasteiger partial charge in [0, 0.05) is 24.3 Å². The van der Waals surface area contributed by atoms with Crippen molar-refractivity contribution in [3.8, 4) is 0 Å². The van der Waals surface area contributed by atoms with Crippen LogP contribution in [0.4, 0.5) is 5.69 Å². The van der Waals surface area contributed by atoms with Crippen LogP contribution in [0.25, 0.3) is 0 Å². The summed E-state index contributed by atoms with van der Waals surface area (Å²) in [5.41, 5.74) is 1.72. The van der Waals surface area contributed by atoms with Gasteiger partial charge in [0.1, 0.15) is 0 Å². The lowest BCUT2D eigenvalue weighted by atomic mass is 10.2. The first-order valence-electron chi connectivity index (χ1n) is 8.55. The third-order valence-electron chi connectivity index (χ3n) is 3.79. The fraction of sp³-hybridized carbons (Fsp3) is 0.278. The zero-order valence-corrected chi connectivity index (χ0v) is 17.2. The zero-order chi connectivity index (χ0) is 20.8. The minimum absolute atomic E-state index is 0.0390. The second kappa shape index (κ2) is 9.18. The van der Waals surface area contributed by atoms with Crippen LogP contribution in [-0.4, -0.2) is 42.1 Å². The predicted octanol–water partition coefficient (Wildman–Crippen LogP) is 1.33. The highest BCUT2D eigenvalue weighted by molar-refractivity contribution is 7.92. The van der Waals surface area contributed by atoms with E-state index in [4.69, 9.17) is 0 Å². The minimum atomic E-state index is -3.64. The number of carbonyl (C=O) groups is 1. The Balaban J connectivity index is 1.84. The molecule has 0 radical (unpaired) electrons. The first-order chi connectivity index (χ1) is 13.1. The minimum Gasteiger partial charge on any atom is -0.351 e. The summed E-state index contributed by atoms with van der Waals surface area (Å²) in [6.07, 6.45) is 1.86. The molecule has 0 unspecified atom stereocenters. The van der Waals surface area contributed by atoms with Crippen molar-refractivity contribution in [2.45, 2.75) is 18.2 Å². The molecule has 28 heavy (non-hydrogen) atoms. The molecule has 0 saturated carbocycles. The molecule has 0 bridgehead atoms. The summed E-state index contributed by atoms with van der Waals surface area (Å²) in [6.45, 7) is 2.13. The Labute approximate surface area is 165 Å². The molecule has 152 valence electrons. The third-order valence-corrected chi connectivity index (χ3v) is 5.88. The van der Waals surface area contributed by atoms with Gasteiger partial charge in [0.05, 0.1) is 11.2 Å². The average molecular weight is 426 g/mol. The highest BCUT2D eigenvalue weighted by Crippen LogP contribution is 2.11. The van der Waals surface area contributed by atoms with E-state index in [2.05, 4.69) is 14.8 Å². The van der Waals surface area contributed by atoms with Gasteiger partial charge >= 0.3 is 0 Å². The van der Waals surface area contributed by atoms with Gasteiger partial charge in [-0.15, -0.1) is 0 Å². The average Bonchev–Trinajstić information content (AvgIpc) is 2.64. The van der Waals surface area contributed by atoms with Crippen LogP contribution >= 0.6 is 0 Å². The third kappa shape index (κ3) is 6.63. The van der Waals surface area contributed by atoms with E-state index in [1.807, 2.05) is 6.92 Å². The van der Waals surface area contributed by atoms with Gasteiger partial charge < -0.3 is 5.32 Å². The maximum absolute atomic E-state index is 12.2. The van der Waals surface area contributed by atoms with Crippen molar-refractivity contribution in [3.63, 3.8) is 0 Å². The van der Waals surface area contributed by atoms with Gasteiger partial charge in [-0.05, 0) is 48.4 Å². The Morgan fingerprint density at radius 2 is 1.50 bits per heavy atom. The topological polar surface area (TPSA) is 121 Å². The van der Waals surface area contributed by atoms with Crippen LogP contribution in [0.15, 0.2) is 53.4 Å². The van der Waals surface area contributed by atoms with E-state index in [-0.39, 0.29) is 18.0 Å². The first kappa shape index (κ1) is 21.9. The van der Waals surface area contributed by atoms with Crippen LogP contribution < -0.4 is 14.8 Å². The number of benzene rings is 2. The number of aryl methyl sites for hydroxylation is 1. The van der Waals surface area contributed by atoms with E-state index in [0.717, 1.165) is 18.2 Å². The number of nitrogens with one attached hydrogen (secondary N) is 3. The van der Waals surface area contributed by atoms with Crippen LogP contribution in [0.5, 0.6) is 0 Å². The Morgan fingerprint density at radius 3 is 2.04 bits per heavy atom. The summed E-state index contributed by atoms with van der Waals surface area (Å²) < 4.78 is 51.5. The van der Waals surface area contributed by atoms with E-state index in [9.17, 15) is 21.6 Å². The number of carbonyl (C=O) groups excluding carboxylic acids is 1. The molecule has 0 aliphatic carbocycles. The maximum Gasteiger partial charge on any atom is 0.251 e. The largest absolute Gasteiger partial charge is 0.351 e. The second-order valence-electron chi connectivity index (χ2n) is 6.10. The Hall–Kier alpha value is -2.43. The normalized spacial score (nSPS) is 11.8. The summed E-state index contributed by atoms with van der Waals surface area (Å²) >= 11 is 0. The Bertz CT molecular complexity index is 1020. The van der Waals surface area contributed by atoms with E-state index in [1.54, 1.807) is 24.3 Å². The van der Waals surface area contributed by atoms with Gasteiger partial charge in [-0.2, -0.15) is 0 Å². The molecule has 0 spiro atoms. The van der Waals surface area contributed by atoms with Crippen molar-refractivity contribution in [3.05, 3.63) is 59.7 Å². The number of hydrogen-bond acceptors (Lipinski definition) is 5. The summed E-state index contributed by atoms with van der Waals surface area (Å²) in [4.78, 5) is 12.3. The van der Waals surface area contributed by atoms with E-state index in [0.29, 0.717) is 11.3 Å². The van der Waals surface area contributed by atoms with Gasteiger partial charge in [-0.25, -0.2) is 21.6 Å². The molecule has 2 aromatic rings. The Morgan fingerprint density at radius 1 is 0.893 bits per heavy atom. The van der Waals surface area contributed by atoms with Crippen molar-refractivity contribution in [2.75, 3.05) is 24.1 Å². The molecule has 0 aliphatic rings. The highest BCUT2D eigenvalue weighted by atomic mass is 32.2. The molecule has 0 aromatic heterocycles. The predicted molar refractivity (Wildman–Crippen MR) is 108 cm³/mol. The smallest absolute Gasteiger partial charge is 0.251 e. The zero-order valence-electron chi connectivity index (χ0n) is 15.6. The number of hydrogen-bond donors (Lipinski definition) is 3. The van der Waals surface area contributed by atoms with E-state index >= 15 is 0 Å². The van der Waals surface area contributed by atoms with E-state index < -0.39 is 26.0 Å². The van der Waals surface area contributed by atoms with Gasteiger partial charge in [0.25, 0.3) is 5.91 Å². The fourth-order valence-corrected chi connectivity index (χ4v) is 3.95. The number of sulfonamides is 2. The molecular formula is C18H23N3O5S2. The molecule has 0 saturated heterocycles. The lowest BCUT2D eigenvalue weighted by Crippen LogP contribution is -2.34. The highest BCUT2D eigenvalue weighted by Gasteiger charge is 2.13. The van der Waals surface area contributed by atoms with Gasteiger partial charge in [-0.1, -0.05) is 19.1 Å². The molecule has 2 rings (SSSR count). The lowest BCUT2D eigenvalue weighted by Gasteiger charge is -2.09. The fourth-order valence-electron chi connectivity index (χ4n) is 2.35. The van der Waals surface area contributed by atoms with Crippen molar-refractivity contribution in [1.82, 2.24) is 10.0 Å². The number of rotatable bonds is 9. The molecule has 2 aromatic carbocycles. The van der Waals surface area contributed by atoms with Crippen molar-refractivity contribution in [1.29, 1.82) is 0 Å². The van der Waals surface area contributed by atoms with Gasteiger partial charge in [0.15, 0.2) is 0 Å². The molecule has 8 nitrogen and oxygen atoms in total. The second-order valence-corrected chi connectivity index (χ2v) is 9.62. The molecule has 0 fully saturated rings. The summed E-state index contributed by atoms with van der Waals surface area (Å²) in [5, 5.41) is 2.60. The van der Waals surface area contributed by atoms with Crippen LogP contribution in [0, 0.1) is 0 Å². The van der Waals surface area contributed by atoms with Crippen LogP contribution in [-0.2, 0) is 26.5 Å². The monoisotopic (exact) mass is 425 g/mol. The molecule has 0 atom stereocenters. The summed E-state index contributed by atoms with van der Waals surface area (Å²) in [6, 6.07) is 12.5. The molecule has 0 aliphatic heterocycles. The van der Waals surface area contributed by atoms with Crippen LogP contribution in [0.1, 0.15) is 22.8 Å². The van der Waals surface area contributed by atoms with E-state index in [1.165, 1.54) is 24.3 Å². The summed E-state index contributed by atoms with van der Waals surface area (Å²) in [7, 11) is -7.02. The molecule has 10 heteroatoms. The van der Waals surface area contributed by atoms with Crippen LogP contribution in [0.2, 0.25) is 0 Å². The molecule has 1 amide bonds. The standard InChI is InChI=1S/C18H23N3O5S2/c1-3-14-4-10-17(11-5-14)28(25,26)20-13-12-19-18(22)15-6-8-16(9-7-15)21-27(2,23)24/h4-11,20-21H,3,12-13H2,1-2H3,(H,19,22). The lowest BCUT2D eigenvalue weighted by molar-refractivity contribution is 0.0954. The first-order valence-corrected chi connectivity index (χ1v) is 11.9. The number of amides is 1. The quantitative estimate of drug-likeness (QED) is 0.523. The van der Waals surface area contributed by atoms with Crippen LogP contribution in [0.3, 0.4) is 0 Å².